The quantitative estimate of drug-likeness (QED) is 0.891. The van der Waals surface area contributed by atoms with Crippen molar-refractivity contribution in [3.8, 4) is 6.07 Å². The lowest BCUT2D eigenvalue weighted by atomic mass is 9.75. The molecule has 0 amide bonds. The first-order valence-electron chi connectivity index (χ1n) is 5.82. The molecule has 1 N–H and O–H groups in total. The maximum Gasteiger partial charge on any atom is 0.417 e. The average molecular weight is 244 g/mol. The number of aromatic amines is 1. The molecule has 5 heteroatoms. The van der Waals surface area contributed by atoms with E-state index in [9.17, 15) is 4.79 Å². The molecule has 5 nitrogen and oxygen atoms in total. The second-order valence-corrected chi connectivity index (χ2v) is 4.66. The van der Waals surface area contributed by atoms with Crippen LogP contribution in [0.5, 0.6) is 0 Å². The lowest BCUT2D eigenvalue weighted by Crippen LogP contribution is -2.46. The molecule has 0 saturated carbocycles. The molecule has 0 atom stereocenters. The highest BCUT2D eigenvalue weighted by molar-refractivity contribution is 5.73. The van der Waals surface area contributed by atoms with Gasteiger partial charge in [-0.15, -0.1) is 0 Å². The van der Waals surface area contributed by atoms with Gasteiger partial charge in [0.05, 0.1) is 24.8 Å². The summed E-state index contributed by atoms with van der Waals surface area (Å²) in [6, 6.07) is 7.84. The van der Waals surface area contributed by atoms with Gasteiger partial charge in [-0.1, -0.05) is 6.07 Å². The average Bonchev–Trinajstić information content (AvgIpc) is 2.67. The molecule has 2 heterocycles. The van der Waals surface area contributed by atoms with Gasteiger partial charge in [0.2, 0.25) is 0 Å². The van der Waals surface area contributed by atoms with Gasteiger partial charge in [-0.05, 0) is 24.1 Å². The van der Waals surface area contributed by atoms with E-state index >= 15 is 0 Å². The van der Waals surface area contributed by atoms with Crippen molar-refractivity contribution in [1.29, 1.82) is 5.26 Å². The minimum absolute atomic E-state index is 0.0975. The molecule has 3 rings (SSSR count). The summed E-state index contributed by atoms with van der Waals surface area (Å²) in [5.74, 6) is -0.446. The second kappa shape index (κ2) is 4.00. The normalized spacial score (nSPS) is 17.3. The van der Waals surface area contributed by atoms with Crippen LogP contribution in [0.4, 0.5) is 0 Å². The van der Waals surface area contributed by atoms with Crippen LogP contribution in [0.3, 0.4) is 0 Å². The first-order valence-corrected chi connectivity index (χ1v) is 5.82. The zero-order chi connectivity index (χ0) is 12.6. The SMILES string of the molecule is N#CCCC1(c2ccc3[nH]c(=O)oc3c2)COC1. The van der Waals surface area contributed by atoms with Crippen molar-refractivity contribution in [2.75, 3.05) is 13.2 Å². The van der Waals surface area contributed by atoms with E-state index in [1.165, 1.54) is 0 Å². The number of oxazole rings is 1. The Morgan fingerprint density at radius 1 is 1.44 bits per heavy atom. The van der Waals surface area contributed by atoms with Gasteiger partial charge >= 0.3 is 5.76 Å². The van der Waals surface area contributed by atoms with E-state index in [-0.39, 0.29) is 5.41 Å². The number of nitrogens with one attached hydrogen (secondary N) is 1. The largest absolute Gasteiger partial charge is 0.417 e. The Balaban J connectivity index is 2.02. The Morgan fingerprint density at radius 3 is 2.94 bits per heavy atom. The number of fused-ring (bicyclic) bond motifs is 1. The third-order valence-corrected chi connectivity index (χ3v) is 3.51. The first kappa shape index (κ1) is 11.1. The second-order valence-electron chi connectivity index (χ2n) is 4.66. The summed E-state index contributed by atoms with van der Waals surface area (Å²) in [5, 5.41) is 8.72. The first-order chi connectivity index (χ1) is 8.73. The molecule has 1 fully saturated rings. The Labute approximate surface area is 103 Å². The fourth-order valence-corrected chi connectivity index (χ4v) is 2.37. The molecule has 2 aromatic rings. The monoisotopic (exact) mass is 244 g/mol. The summed E-state index contributed by atoms with van der Waals surface area (Å²) >= 11 is 0. The summed E-state index contributed by atoms with van der Waals surface area (Å²) in [6.07, 6.45) is 1.27. The number of nitrogens with zero attached hydrogens (tertiary/aromatic N) is 1. The van der Waals surface area contributed by atoms with Gasteiger partial charge in [0.25, 0.3) is 0 Å². The van der Waals surface area contributed by atoms with E-state index in [2.05, 4.69) is 11.1 Å². The predicted octanol–water partition coefficient (Wildman–Crippen LogP) is 1.69. The minimum atomic E-state index is -0.446. The van der Waals surface area contributed by atoms with Gasteiger partial charge in [0.1, 0.15) is 0 Å². The highest BCUT2D eigenvalue weighted by Gasteiger charge is 2.40. The lowest BCUT2D eigenvalue weighted by molar-refractivity contribution is -0.0636. The smallest absolute Gasteiger partial charge is 0.408 e. The molecule has 92 valence electrons. The summed E-state index contributed by atoms with van der Waals surface area (Å²) in [7, 11) is 0. The molecular weight excluding hydrogens is 232 g/mol. The van der Waals surface area contributed by atoms with E-state index in [4.69, 9.17) is 14.4 Å². The summed E-state index contributed by atoms with van der Waals surface area (Å²) < 4.78 is 10.4. The third kappa shape index (κ3) is 1.62. The Hall–Kier alpha value is -2.06. The van der Waals surface area contributed by atoms with Crippen LogP contribution in [-0.2, 0) is 10.2 Å². The number of aromatic nitrogens is 1. The number of hydrogen-bond donors (Lipinski definition) is 1. The van der Waals surface area contributed by atoms with E-state index in [1.807, 2.05) is 18.2 Å². The van der Waals surface area contributed by atoms with Crippen molar-refractivity contribution in [3.63, 3.8) is 0 Å². The molecule has 1 aliphatic heterocycles. The van der Waals surface area contributed by atoms with Crippen LogP contribution >= 0.6 is 0 Å². The number of rotatable bonds is 3. The van der Waals surface area contributed by atoms with E-state index < -0.39 is 5.76 Å². The zero-order valence-electron chi connectivity index (χ0n) is 9.73. The van der Waals surface area contributed by atoms with E-state index in [1.54, 1.807) is 0 Å². The van der Waals surface area contributed by atoms with Crippen molar-refractivity contribution in [3.05, 3.63) is 34.3 Å². The van der Waals surface area contributed by atoms with Crippen molar-refractivity contribution in [1.82, 2.24) is 4.98 Å². The van der Waals surface area contributed by atoms with E-state index in [0.29, 0.717) is 30.7 Å². The van der Waals surface area contributed by atoms with Crippen LogP contribution in [0.25, 0.3) is 11.1 Å². The van der Waals surface area contributed by atoms with Crippen LogP contribution < -0.4 is 5.76 Å². The highest BCUT2D eigenvalue weighted by atomic mass is 16.5. The molecule has 18 heavy (non-hydrogen) atoms. The zero-order valence-corrected chi connectivity index (χ0v) is 9.73. The molecule has 0 bridgehead atoms. The van der Waals surface area contributed by atoms with Crippen LogP contribution in [0.15, 0.2) is 27.4 Å². The van der Waals surface area contributed by atoms with Gasteiger partial charge in [0, 0.05) is 11.8 Å². The molecule has 1 aromatic heterocycles. The lowest BCUT2D eigenvalue weighted by Gasteiger charge is -2.41. The molecular formula is C13H12N2O3. The summed E-state index contributed by atoms with van der Waals surface area (Å²) in [5.41, 5.74) is 2.22. The molecule has 0 aliphatic carbocycles. The molecule has 1 aromatic carbocycles. The van der Waals surface area contributed by atoms with Gasteiger partial charge in [-0.3, -0.25) is 4.98 Å². The molecule has 0 radical (unpaired) electrons. The van der Waals surface area contributed by atoms with Gasteiger partial charge in [-0.25, -0.2) is 4.79 Å². The maximum atomic E-state index is 11.1. The minimum Gasteiger partial charge on any atom is -0.408 e. The number of benzene rings is 1. The third-order valence-electron chi connectivity index (χ3n) is 3.51. The van der Waals surface area contributed by atoms with Crippen molar-refractivity contribution < 1.29 is 9.15 Å². The van der Waals surface area contributed by atoms with Crippen molar-refractivity contribution in [2.45, 2.75) is 18.3 Å². The molecule has 0 spiro atoms. The maximum absolute atomic E-state index is 11.1. The van der Waals surface area contributed by atoms with Crippen molar-refractivity contribution in [2.24, 2.45) is 0 Å². The van der Waals surface area contributed by atoms with Gasteiger partial charge < -0.3 is 9.15 Å². The number of H-pyrrole nitrogens is 1. The molecule has 1 saturated heterocycles. The predicted molar refractivity (Wildman–Crippen MR) is 64.2 cm³/mol. The standard InChI is InChI=1S/C13H12N2O3/c14-5-1-4-13(7-17-8-13)9-2-3-10-11(6-9)18-12(16)15-10/h2-3,6H,1,4,7-8H2,(H,15,16). The Morgan fingerprint density at radius 2 is 2.28 bits per heavy atom. The fourth-order valence-electron chi connectivity index (χ4n) is 2.37. The number of nitriles is 1. The molecule has 1 aliphatic rings. The fraction of sp³-hybridized carbons (Fsp3) is 0.385. The molecule has 0 unspecified atom stereocenters. The number of hydrogen-bond acceptors (Lipinski definition) is 4. The van der Waals surface area contributed by atoms with Crippen molar-refractivity contribution >= 4 is 11.1 Å². The van der Waals surface area contributed by atoms with Crippen LogP contribution in [0, 0.1) is 11.3 Å². The Kier molecular flexibility index (Phi) is 2.46. The van der Waals surface area contributed by atoms with Crippen LogP contribution in [0.1, 0.15) is 18.4 Å². The van der Waals surface area contributed by atoms with Crippen LogP contribution in [0.2, 0.25) is 0 Å². The highest BCUT2D eigenvalue weighted by Crippen LogP contribution is 2.37. The summed E-state index contributed by atoms with van der Waals surface area (Å²) in [6.45, 7) is 1.24. The topological polar surface area (TPSA) is 79.0 Å². The van der Waals surface area contributed by atoms with Gasteiger partial charge in [-0.2, -0.15) is 5.26 Å². The van der Waals surface area contributed by atoms with Crippen LogP contribution in [-0.4, -0.2) is 18.2 Å². The van der Waals surface area contributed by atoms with Gasteiger partial charge in [0.15, 0.2) is 5.58 Å². The van der Waals surface area contributed by atoms with E-state index in [0.717, 1.165) is 12.0 Å². The number of ether oxygens (including phenoxy) is 1. The summed E-state index contributed by atoms with van der Waals surface area (Å²) in [4.78, 5) is 13.7. The Bertz CT molecular complexity index is 673.